The summed E-state index contributed by atoms with van der Waals surface area (Å²) in [7, 11) is 0. The first-order valence-corrected chi connectivity index (χ1v) is 8.09. The number of aromatic nitrogens is 1. The molecular weight excluding hydrogens is 252 g/mol. The molecule has 0 aromatic carbocycles. The van der Waals surface area contributed by atoms with Gasteiger partial charge in [0.05, 0.1) is 6.54 Å². The predicted molar refractivity (Wildman–Crippen MR) is 81.7 cm³/mol. The van der Waals surface area contributed by atoms with E-state index in [1.54, 1.807) is 0 Å². The maximum Gasteiger partial charge on any atom is 0.0563 e. The Morgan fingerprint density at radius 2 is 2.11 bits per heavy atom. The molecule has 3 rings (SSSR count). The van der Waals surface area contributed by atoms with E-state index < -0.39 is 0 Å². The second kappa shape index (κ2) is 5.51. The van der Waals surface area contributed by atoms with E-state index in [0.29, 0.717) is 0 Å². The van der Waals surface area contributed by atoms with Gasteiger partial charge >= 0.3 is 0 Å². The monoisotopic (exact) mass is 274 g/mol. The molecule has 3 heteroatoms. The molecule has 2 aromatic rings. The van der Waals surface area contributed by atoms with Gasteiger partial charge in [0.2, 0.25) is 0 Å². The van der Waals surface area contributed by atoms with Crippen molar-refractivity contribution in [2.24, 2.45) is 5.73 Å². The third-order valence-electron chi connectivity index (χ3n) is 4.01. The number of hydrogen-bond acceptors (Lipinski definition) is 2. The fourth-order valence-electron chi connectivity index (χ4n) is 2.92. The number of hydrogen-bond donors (Lipinski definition) is 1. The van der Waals surface area contributed by atoms with Crippen molar-refractivity contribution in [3.05, 3.63) is 45.4 Å². The standard InChI is InChI=1S/C16H22N2S/c1-2-13-7-8-14(19-13)10-18-9-12-5-3-4-6-16(17)15(12)11-18/h7-9,11,16H,2-6,10,17H2,1H3. The zero-order valence-electron chi connectivity index (χ0n) is 11.6. The molecule has 0 amide bonds. The van der Waals surface area contributed by atoms with Crippen molar-refractivity contribution in [2.75, 3.05) is 0 Å². The summed E-state index contributed by atoms with van der Waals surface area (Å²) < 4.78 is 2.32. The first kappa shape index (κ1) is 12.9. The van der Waals surface area contributed by atoms with Crippen LogP contribution in [0.4, 0.5) is 0 Å². The molecule has 1 aliphatic rings. The van der Waals surface area contributed by atoms with Gasteiger partial charge in [-0.3, -0.25) is 0 Å². The van der Waals surface area contributed by atoms with Crippen molar-refractivity contribution in [3.63, 3.8) is 0 Å². The van der Waals surface area contributed by atoms with Crippen LogP contribution in [-0.2, 0) is 19.4 Å². The topological polar surface area (TPSA) is 30.9 Å². The Morgan fingerprint density at radius 3 is 2.89 bits per heavy atom. The number of nitrogens with zero attached hydrogens (tertiary/aromatic N) is 1. The molecule has 1 atom stereocenters. The second-order valence-electron chi connectivity index (χ2n) is 5.48. The summed E-state index contributed by atoms with van der Waals surface area (Å²) in [5, 5.41) is 0. The first-order valence-electron chi connectivity index (χ1n) is 7.28. The lowest BCUT2D eigenvalue weighted by atomic mass is 10.1. The summed E-state index contributed by atoms with van der Waals surface area (Å²) in [6.07, 6.45) is 10.6. The number of fused-ring (bicyclic) bond motifs is 1. The summed E-state index contributed by atoms with van der Waals surface area (Å²) in [6, 6.07) is 4.75. The molecule has 2 nitrogen and oxygen atoms in total. The molecule has 2 N–H and O–H groups in total. The molecule has 0 fully saturated rings. The molecule has 1 aliphatic carbocycles. The first-order chi connectivity index (χ1) is 9.26. The van der Waals surface area contributed by atoms with E-state index in [1.807, 2.05) is 11.3 Å². The quantitative estimate of drug-likeness (QED) is 0.846. The minimum Gasteiger partial charge on any atom is -0.348 e. The molecule has 2 heterocycles. The summed E-state index contributed by atoms with van der Waals surface area (Å²) in [6.45, 7) is 3.21. The molecule has 0 spiro atoms. The minimum absolute atomic E-state index is 0.244. The summed E-state index contributed by atoms with van der Waals surface area (Å²) in [5.74, 6) is 0. The van der Waals surface area contributed by atoms with Crippen molar-refractivity contribution in [2.45, 2.75) is 51.6 Å². The molecule has 0 radical (unpaired) electrons. The van der Waals surface area contributed by atoms with Crippen molar-refractivity contribution < 1.29 is 0 Å². The number of aryl methyl sites for hydroxylation is 2. The Balaban J connectivity index is 1.80. The van der Waals surface area contributed by atoms with Crippen molar-refractivity contribution >= 4 is 11.3 Å². The van der Waals surface area contributed by atoms with E-state index in [9.17, 15) is 0 Å². The van der Waals surface area contributed by atoms with Crippen LogP contribution in [-0.4, -0.2) is 4.57 Å². The van der Waals surface area contributed by atoms with E-state index in [2.05, 4.69) is 36.0 Å². The maximum absolute atomic E-state index is 6.27. The van der Waals surface area contributed by atoms with Crippen LogP contribution < -0.4 is 5.73 Å². The van der Waals surface area contributed by atoms with Crippen molar-refractivity contribution in [1.82, 2.24) is 4.57 Å². The van der Waals surface area contributed by atoms with Gasteiger partial charge in [0, 0.05) is 28.2 Å². The number of thiophene rings is 1. The van der Waals surface area contributed by atoms with E-state index in [0.717, 1.165) is 19.4 Å². The van der Waals surface area contributed by atoms with E-state index >= 15 is 0 Å². The van der Waals surface area contributed by atoms with Gasteiger partial charge in [-0.25, -0.2) is 0 Å². The molecule has 0 bridgehead atoms. The van der Waals surface area contributed by atoms with Gasteiger partial charge in [-0.1, -0.05) is 13.3 Å². The Bertz CT molecular complexity index is 553. The molecule has 1 unspecified atom stereocenters. The van der Waals surface area contributed by atoms with Gasteiger partial charge in [0.25, 0.3) is 0 Å². The van der Waals surface area contributed by atoms with Crippen LogP contribution in [0.2, 0.25) is 0 Å². The van der Waals surface area contributed by atoms with Crippen LogP contribution in [0, 0.1) is 0 Å². The molecule has 0 aliphatic heterocycles. The van der Waals surface area contributed by atoms with Crippen LogP contribution in [0.25, 0.3) is 0 Å². The highest BCUT2D eigenvalue weighted by molar-refractivity contribution is 7.11. The fraction of sp³-hybridized carbons (Fsp3) is 0.500. The van der Waals surface area contributed by atoms with Crippen LogP contribution >= 0.6 is 11.3 Å². The van der Waals surface area contributed by atoms with Crippen LogP contribution in [0.15, 0.2) is 24.5 Å². The lowest BCUT2D eigenvalue weighted by Gasteiger charge is -2.07. The molecule has 19 heavy (non-hydrogen) atoms. The molecular formula is C16H22N2S. The highest BCUT2D eigenvalue weighted by atomic mass is 32.1. The van der Waals surface area contributed by atoms with Gasteiger partial charge < -0.3 is 10.3 Å². The predicted octanol–water partition coefficient (Wildman–Crippen LogP) is 3.89. The van der Waals surface area contributed by atoms with Crippen LogP contribution in [0.3, 0.4) is 0 Å². The third kappa shape index (κ3) is 2.77. The lowest BCUT2D eigenvalue weighted by Crippen LogP contribution is -2.09. The Morgan fingerprint density at radius 1 is 1.26 bits per heavy atom. The molecule has 0 saturated heterocycles. The highest BCUT2D eigenvalue weighted by Crippen LogP contribution is 2.28. The average molecular weight is 274 g/mol. The van der Waals surface area contributed by atoms with Gasteiger partial charge in [-0.05, 0) is 48.9 Å². The largest absolute Gasteiger partial charge is 0.348 e. The van der Waals surface area contributed by atoms with Gasteiger partial charge in [0.1, 0.15) is 0 Å². The number of rotatable bonds is 3. The Labute approximate surface area is 119 Å². The molecule has 0 saturated carbocycles. The maximum atomic E-state index is 6.27. The summed E-state index contributed by atoms with van der Waals surface area (Å²) in [4.78, 5) is 2.91. The Hall–Kier alpha value is -1.06. The fourth-order valence-corrected chi connectivity index (χ4v) is 3.89. The van der Waals surface area contributed by atoms with E-state index in [1.165, 1.54) is 40.1 Å². The smallest absolute Gasteiger partial charge is 0.0563 e. The zero-order valence-corrected chi connectivity index (χ0v) is 12.4. The Kier molecular flexibility index (Phi) is 3.76. The number of nitrogens with two attached hydrogens (primary N) is 1. The zero-order chi connectivity index (χ0) is 13.2. The summed E-state index contributed by atoms with van der Waals surface area (Å²) >= 11 is 1.93. The summed E-state index contributed by atoms with van der Waals surface area (Å²) in [5.41, 5.74) is 9.12. The van der Waals surface area contributed by atoms with Gasteiger partial charge in [-0.15, -0.1) is 11.3 Å². The highest BCUT2D eigenvalue weighted by Gasteiger charge is 2.17. The van der Waals surface area contributed by atoms with E-state index in [-0.39, 0.29) is 6.04 Å². The molecule has 2 aromatic heterocycles. The van der Waals surface area contributed by atoms with Crippen molar-refractivity contribution in [1.29, 1.82) is 0 Å². The average Bonchev–Trinajstić information content (AvgIpc) is 2.98. The van der Waals surface area contributed by atoms with Crippen LogP contribution in [0.1, 0.15) is 53.1 Å². The minimum atomic E-state index is 0.244. The van der Waals surface area contributed by atoms with E-state index in [4.69, 9.17) is 5.73 Å². The van der Waals surface area contributed by atoms with Crippen molar-refractivity contribution in [3.8, 4) is 0 Å². The molecule has 102 valence electrons. The normalized spacial score (nSPS) is 19.2. The van der Waals surface area contributed by atoms with Crippen LogP contribution in [0.5, 0.6) is 0 Å². The lowest BCUT2D eigenvalue weighted by molar-refractivity contribution is 0.610. The second-order valence-corrected chi connectivity index (χ2v) is 6.74. The van der Waals surface area contributed by atoms with Gasteiger partial charge in [-0.2, -0.15) is 0 Å². The third-order valence-corrected chi connectivity index (χ3v) is 5.23. The van der Waals surface area contributed by atoms with Gasteiger partial charge in [0.15, 0.2) is 0 Å². The SMILES string of the molecule is CCc1ccc(Cn2cc3c(c2)C(N)CCCC3)s1.